The van der Waals surface area contributed by atoms with Gasteiger partial charge in [0.2, 0.25) is 5.91 Å². The van der Waals surface area contributed by atoms with Gasteiger partial charge in [-0.2, -0.15) is 0 Å². The zero-order valence-electron chi connectivity index (χ0n) is 12.8. The van der Waals surface area contributed by atoms with E-state index in [4.69, 9.17) is 4.74 Å². The van der Waals surface area contributed by atoms with Crippen molar-refractivity contribution in [1.82, 2.24) is 10.2 Å². The molecular weight excluding hydrogens is 268 g/mol. The molecule has 1 heterocycles. The first-order chi connectivity index (χ1) is 10.0. The highest BCUT2D eigenvalue weighted by Gasteiger charge is 2.18. The summed E-state index contributed by atoms with van der Waals surface area (Å²) in [4.78, 5) is 25.7. The Kier molecular flexibility index (Phi) is 4.96. The van der Waals surface area contributed by atoms with E-state index in [9.17, 15) is 9.59 Å². The minimum absolute atomic E-state index is 0.0102. The van der Waals surface area contributed by atoms with Crippen molar-refractivity contribution in [2.45, 2.75) is 13.3 Å². The molecular formula is C16H22N2O3. The lowest BCUT2D eigenvalue weighted by Crippen LogP contribution is -2.36. The molecule has 5 nitrogen and oxygen atoms in total. The molecule has 2 rings (SSSR count). The predicted octanol–water partition coefficient (Wildman–Crippen LogP) is 1.12. The Bertz CT molecular complexity index is 542. The summed E-state index contributed by atoms with van der Waals surface area (Å²) in [6, 6.07) is 5.59. The summed E-state index contributed by atoms with van der Waals surface area (Å²) < 4.78 is 5.44. The molecule has 21 heavy (non-hydrogen) atoms. The van der Waals surface area contributed by atoms with Crippen molar-refractivity contribution in [3.63, 3.8) is 0 Å². The molecule has 1 N–H and O–H groups in total. The zero-order valence-corrected chi connectivity index (χ0v) is 12.8. The first kappa shape index (κ1) is 15.5. The molecule has 1 atom stereocenters. The van der Waals surface area contributed by atoms with Gasteiger partial charge in [-0.25, -0.2) is 0 Å². The van der Waals surface area contributed by atoms with E-state index < -0.39 is 0 Å². The van der Waals surface area contributed by atoms with E-state index >= 15 is 0 Å². The quantitative estimate of drug-likeness (QED) is 0.798. The van der Waals surface area contributed by atoms with Crippen LogP contribution in [0.1, 0.15) is 22.8 Å². The van der Waals surface area contributed by atoms with Crippen LogP contribution in [0.15, 0.2) is 18.2 Å². The van der Waals surface area contributed by atoms with E-state index in [0.717, 1.165) is 17.7 Å². The van der Waals surface area contributed by atoms with Crippen LogP contribution in [0.25, 0.3) is 0 Å². The van der Waals surface area contributed by atoms with E-state index in [-0.39, 0.29) is 17.6 Å². The summed E-state index contributed by atoms with van der Waals surface area (Å²) in [5.74, 6) is 0.801. The maximum absolute atomic E-state index is 12.3. The Hall–Kier alpha value is -1.88. The third-order valence-corrected chi connectivity index (χ3v) is 3.70. The van der Waals surface area contributed by atoms with Gasteiger partial charge in [0.05, 0.1) is 13.2 Å². The topological polar surface area (TPSA) is 58.6 Å². The Balaban J connectivity index is 1.93. The van der Waals surface area contributed by atoms with E-state index in [1.807, 2.05) is 37.1 Å². The van der Waals surface area contributed by atoms with Gasteiger partial charge in [-0.1, -0.05) is 6.92 Å². The van der Waals surface area contributed by atoms with Crippen LogP contribution in [-0.4, -0.2) is 50.4 Å². The number of hydrogen-bond donors (Lipinski definition) is 1. The van der Waals surface area contributed by atoms with Crippen LogP contribution >= 0.6 is 0 Å². The molecule has 1 amide bonds. The predicted molar refractivity (Wildman–Crippen MR) is 80.7 cm³/mol. The van der Waals surface area contributed by atoms with Crippen molar-refractivity contribution < 1.29 is 14.3 Å². The highest BCUT2D eigenvalue weighted by molar-refractivity contribution is 5.98. The van der Waals surface area contributed by atoms with Crippen LogP contribution in [0, 0.1) is 5.92 Å². The lowest BCUT2D eigenvalue weighted by Gasteiger charge is -2.19. The Labute approximate surface area is 125 Å². The van der Waals surface area contributed by atoms with Crippen LogP contribution in [0.5, 0.6) is 5.75 Å². The summed E-state index contributed by atoms with van der Waals surface area (Å²) in [5.41, 5.74) is 1.81. The summed E-state index contributed by atoms with van der Waals surface area (Å²) >= 11 is 0. The van der Waals surface area contributed by atoms with Crippen molar-refractivity contribution in [2.24, 2.45) is 5.92 Å². The van der Waals surface area contributed by atoms with Gasteiger partial charge < -0.3 is 10.1 Å². The number of fused-ring (bicyclic) bond motifs is 1. The van der Waals surface area contributed by atoms with Crippen LogP contribution in [0.2, 0.25) is 0 Å². The highest BCUT2D eigenvalue weighted by Crippen LogP contribution is 2.26. The van der Waals surface area contributed by atoms with Crippen LogP contribution in [0.4, 0.5) is 0 Å². The zero-order chi connectivity index (χ0) is 15.4. The van der Waals surface area contributed by atoms with Crippen molar-refractivity contribution in [3.8, 4) is 5.75 Å². The highest BCUT2D eigenvalue weighted by atomic mass is 16.5. The molecule has 5 heteroatoms. The second-order valence-corrected chi connectivity index (χ2v) is 5.56. The number of ketones is 1. The summed E-state index contributed by atoms with van der Waals surface area (Å²) in [5, 5.41) is 2.62. The summed E-state index contributed by atoms with van der Waals surface area (Å²) in [6.07, 6.45) is 0.861. The molecule has 0 radical (unpaired) electrons. The summed E-state index contributed by atoms with van der Waals surface area (Å²) in [7, 11) is 3.48. The number of benzene rings is 1. The standard InChI is InChI=1S/C16H22N2O3/c1-11(16(20)17-2)9-18(3)10-14(19)12-4-5-15-13(8-12)6-7-21-15/h4-5,8,11H,6-7,9-10H2,1-3H3,(H,17,20). The molecule has 1 aromatic rings. The summed E-state index contributed by atoms with van der Waals surface area (Å²) in [6.45, 7) is 3.41. The lowest BCUT2D eigenvalue weighted by molar-refractivity contribution is -0.124. The van der Waals surface area contributed by atoms with E-state index in [1.54, 1.807) is 7.05 Å². The van der Waals surface area contributed by atoms with E-state index in [2.05, 4.69) is 5.32 Å². The lowest BCUT2D eigenvalue weighted by atomic mass is 10.0. The maximum atomic E-state index is 12.3. The fourth-order valence-corrected chi connectivity index (χ4v) is 2.56. The second-order valence-electron chi connectivity index (χ2n) is 5.56. The number of ether oxygens (including phenoxy) is 1. The number of nitrogens with zero attached hydrogens (tertiary/aromatic N) is 1. The maximum Gasteiger partial charge on any atom is 0.223 e. The van der Waals surface area contributed by atoms with Crippen molar-refractivity contribution in [2.75, 3.05) is 33.8 Å². The molecule has 0 bridgehead atoms. The minimum Gasteiger partial charge on any atom is -0.493 e. The third-order valence-electron chi connectivity index (χ3n) is 3.70. The average molecular weight is 290 g/mol. The fraction of sp³-hybridized carbons (Fsp3) is 0.500. The molecule has 1 aliphatic rings. The van der Waals surface area contributed by atoms with Crippen LogP contribution in [-0.2, 0) is 11.2 Å². The molecule has 1 aliphatic heterocycles. The smallest absolute Gasteiger partial charge is 0.223 e. The fourth-order valence-electron chi connectivity index (χ4n) is 2.56. The molecule has 0 aromatic heterocycles. The van der Waals surface area contributed by atoms with Gasteiger partial charge in [0.15, 0.2) is 5.78 Å². The Morgan fingerprint density at radius 3 is 2.90 bits per heavy atom. The van der Waals surface area contributed by atoms with Gasteiger partial charge in [-0.05, 0) is 30.8 Å². The molecule has 0 spiro atoms. The van der Waals surface area contributed by atoms with Gasteiger partial charge in [0.1, 0.15) is 5.75 Å². The van der Waals surface area contributed by atoms with Gasteiger partial charge in [0, 0.05) is 31.5 Å². The molecule has 1 unspecified atom stereocenters. The van der Waals surface area contributed by atoms with Crippen LogP contribution < -0.4 is 10.1 Å². The van der Waals surface area contributed by atoms with E-state index in [0.29, 0.717) is 25.3 Å². The Morgan fingerprint density at radius 2 is 2.19 bits per heavy atom. The largest absolute Gasteiger partial charge is 0.493 e. The number of hydrogen-bond acceptors (Lipinski definition) is 4. The number of carbonyl (C=O) groups is 2. The van der Waals surface area contributed by atoms with Crippen molar-refractivity contribution in [1.29, 1.82) is 0 Å². The van der Waals surface area contributed by atoms with E-state index in [1.165, 1.54) is 0 Å². The number of nitrogens with one attached hydrogen (secondary N) is 1. The Morgan fingerprint density at radius 1 is 1.43 bits per heavy atom. The third kappa shape index (κ3) is 3.82. The number of amides is 1. The average Bonchev–Trinajstić information content (AvgIpc) is 2.93. The number of likely N-dealkylation sites (N-methyl/N-ethyl adjacent to an activating group) is 1. The SMILES string of the molecule is CNC(=O)C(C)CN(C)CC(=O)c1ccc2c(c1)CCO2. The second kappa shape index (κ2) is 6.72. The molecule has 0 aliphatic carbocycles. The molecule has 0 saturated heterocycles. The monoisotopic (exact) mass is 290 g/mol. The number of Topliss-reactive ketones (excluding diaryl/α,β-unsaturated/α-hetero) is 1. The molecule has 0 saturated carbocycles. The molecule has 1 aromatic carbocycles. The van der Waals surface area contributed by atoms with Crippen molar-refractivity contribution >= 4 is 11.7 Å². The van der Waals surface area contributed by atoms with Gasteiger partial charge >= 0.3 is 0 Å². The minimum atomic E-state index is -0.138. The van der Waals surface area contributed by atoms with Crippen molar-refractivity contribution in [3.05, 3.63) is 29.3 Å². The normalized spacial score (nSPS) is 14.5. The first-order valence-corrected chi connectivity index (χ1v) is 7.20. The van der Waals surface area contributed by atoms with Gasteiger partial charge in [-0.3, -0.25) is 14.5 Å². The van der Waals surface area contributed by atoms with Gasteiger partial charge in [-0.15, -0.1) is 0 Å². The van der Waals surface area contributed by atoms with Crippen LogP contribution in [0.3, 0.4) is 0 Å². The molecule has 114 valence electrons. The number of carbonyl (C=O) groups excluding carboxylic acids is 2. The molecule has 0 fully saturated rings. The number of rotatable bonds is 6. The van der Waals surface area contributed by atoms with Gasteiger partial charge in [0.25, 0.3) is 0 Å². The first-order valence-electron chi connectivity index (χ1n) is 7.20.